The average Bonchev–Trinajstić information content (AvgIpc) is 3.03. The van der Waals surface area contributed by atoms with Crippen LogP contribution in [0.3, 0.4) is 0 Å². The zero-order valence-electron chi connectivity index (χ0n) is 29.9. The molecule has 6 heteroatoms. The maximum atomic E-state index is 12.6. The van der Waals surface area contributed by atoms with Crippen LogP contribution < -0.4 is 0 Å². The van der Waals surface area contributed by atoms with E-state index in [1.165, 1.54) is 89.9 Å². The molecule has 0 spiro atoms. The van der Waals surface area contributed by atoms with Gasteiger partial charge in [-0.1, -0.05) is 155 Å². The van der Waals surface area contributed by atoms with Crippen molar-refractivity contribution in [2.24, 2.45) is 0 Å². The smallest absolute Gasteiger partial charge is 0.306 e. The Morgan fingerprint density at radius 1 is 0.422 bits per heavy atom. The summed E-state index contributed by atoms with van der Waals surface area (Å²) in [5, 5.41) is 0. The second-order valence-electron chi connectivity index (χ2n) is 12.8. The van der Waals surface area contributed by atoms with Gasteiger partial charge in [0.25, 0.3) is 0 Å². The van der Waals surface area contributed by atoms with Crippen LogP contribution in [-0.4, -0.2) is 37.2 Å². The molecule has 0 aliphatic rings. The highest BCUT2D eigenvalue weighted by Crippen LogP contribution is 2.13. The van der Waals surface area contributed by atoms with E-state index in [1.54, 1.807) is 0 Å². The summed E-state index contributed by atoms with van der Waals surface area (Å²) in [5.74, 6) is -0.890. The van der Waals surface area contributed by atoms with Crippen molar-refractivity contribution in [3.63, 3.8) is 0 Å². The van der Waals surface area contributed by atoms with Crippen molar-refractivity contribution in [3.8, 4) is 0 Å². The van der Waals surface area contributed by atoms with E-state index in [2.05, 4.69) is 32.9 Å². The van der Waals surface area contributed by atoms with E-state index in [0.717, 1.165) is 70.6 Å². The lowest BCUT2D eigenvalue weighted by atomic mass is 10.1. The van der Waals surface area contributed by atoms with E-state index in [-0.39, 0.29) is 31.1 Å². The van der Waals surface area contributed by atoms with Gasteiger partial charge in [-0.15, -0.1) is 0 Å². The van der Waals surface area contributed by atoms with Crippen molar-refractivity contribution in [1.82, 2.24) is 0 Å². The summed E-state index contributed by atoms with van der Waals surface area (Å²) in [4.78, 5) is 37.3. The molecule has 264 valence electrons. The van der Waals surface area contributed by atoms with Crippen LogP contribution in [-0.2, 0) is 28.6 Å². The van der Waals surface area contributed by atoms with Crippen LogP contribution in [0.1, 0.15) is 201 Å². The Bertz CT molecular complexity index is 704. The van der Waals surface area contributed by atoms with Gasteiger partial charge in [0.1, 0.15) is 13.2 Å². The summed E-state index contributed by atoms with van der Waals surface area (Å²) in [7, 11) is 0. The first-order chi connectivity index (χ1) is 22.0. The maximum Gasteiger partial charge on any atom is 0.306 e. The van der Waals surface area contributed by atoms with Gasteiger partial charge >= 0.3 is 17.9 Å². The van der Waals surface area contributed by atoms with Gasteiger partial charge in [-0.25, -0.2) is 0 Å². The molecule has 0 radical (unpaired) electrons. The number of rotatable bonds is 34. The third-order valence-electron chi connectivity index (χ3n) is 8.25. The number of hydrogen-bond donors (Lipinski definition) is 0. The van der Waals surface area contributed by atoms with Crippen LogP contribution in [0.25, 0.3) is 0 Å². The predicted molar refractivity (Wildman–Crippen MR) is 187 cm³/mol. The highest BCUT2D eigenvalue weighted by Gasteiger charge is 2.19. The fraction of sp³-hybridized carbons (Fsp3) is 0.872. The largest absolute Gasteiger partial charge is 0.462 e. The van der Waals surface area contributed by atoms with E-state index in [1.807, 2.05) is 0 Å². The summed E-state index contributed by atoms with van der Waals surface area (Å²) < 4.78 is 16.5. The van der Waals surface area contributed by atoms with Crippen molar-refractivity contribution in [2.75, 3.05) is 13.2 Å². The molecule has 0 aromatic heterocycles. The molecular formula is C39H72O6. The number of ether oxygens (including phenoxy) is 3. The second-order valence-corrected chi connectivity index (χ2v) is 12.8. The van der Waals surface area contributed by atoms with Gasteiger partial charge in [0.05, 0.1) is 0 Å². The standard InChI is InChI=1S/C39H72O6/c1-4-7-10-13-16-19-21-23-26-29-32-38(41)44-35-36(34-43-37(40)31-28-25-22-18-15-12-9-6-3)45-39(42)33-30-27-24-20-17-14-11-8-5-2/h10,13,36H,4-9,11-12,14-35H2,1-3H3/b13-10-. The molecule has 0 aromatic carbocycles. The normalized spacial score (nSPS) is 12.0. The van der Waals surface area contributed by atoms with Crippen LogP contribution in [0.4, 0.5) is 0 Å². The molecule has 0 heterocycles. The van der Waals surface area contributed by atoms with E-state index in [9.17, 15) is 14.4 Å². The van der Waals surface area contributed by atoms with E-state index in [4.69, 9.17) is 14.2 Å². The quantitative estimate of drug-likeness (QED) is 0.0303. The average molecular weight is 637 g/mol. The Kier molecular flexibility index (Phi) is 33.6. The van der Waals surface area contributed by atoms with Crippen molar-refractivity contribution >= 4 is 17.9 Å². The number of carbonyl (C=O) groups is 3. The minimum atomic E-state index is -0.761. The highest BCUT2D eigenvalue weighted by molar-refractivity contribution is 5.71. The monoisotopic (exact) mass is 637 g/mol. The Morgan fingerprint density at radius 2 is 0.778 bits per heavy atom. The summed E-state index contributed by atoms with van der Waals surface area (Å²) in [5.41, 5.74) is 0. The first-order valence-electron chi connectivity index (χ1n) is 19.2. The van der Waals surface area contributed by atoms with Crippen molar-refractivity contribution < 1.29 is 28.6 Å². The molecule has 0 amide bonds. The van der Waals surface area contributed by atoms with Gasteiger partial charge in [-0.05, 0) is 38.5 Å². The molecule has 0 aromatic rings. The third-order valence-corrected chi connectivity index (χ3v) is 8.25. The lowest BCUT2D eigenvalue weighted by Gasteiger charge is -2.18. The summed E-state index contributed by atoms with van der Waals surface area (Å²) in [6, 6.07) is 0. The Labute approximate surface area is 278 Å². The third kappa shape index (κ3) is 33.3. The van der Waals surface area contributed by atoms with E-state index < -0.39 is 6.10 Å². The first kappa shape index (κ1) is 43.1. The van der Waals surface area contributed by atoms with Crippen LogP contribution >= 0.6 is 0 Å². The first-order valence-corrected chi connectivity index (χ1v) is 19.2. The lowest BCUT2D eigenvalue weighted by Crippen LogP contribution is -2.30. The number of allylic oxidation sites excluding steroid dienone is 2. The van der Waals surface area contributed by atoms with Gasteiger partial charge in [0, 0.05) is 19.3 Å². The maximum absolute atomic E-state index is 12.6. The SMILES string of the molecule is CCC/C=C\CCCCCCCC(=O)OCC(COC(=O)CCCCCCCCCC)OC(=O)CCCCCCCCCCC. The van der Waals surface area contributed by atoms with Crippen LogP contribution in [0, 0.1) is 0 Å². The van der Waals surface area contributed by atoms with Crippen LogP contribution in [0.15, 0.2) is 12.2 Å². The van der Waals surface area contributed by atoms with Gasteiger partial charge in [0.2, 0.25) is 0 Å². The number of hydrogen-bond acceptors (Lipinski definition) is 6. The van der Waals surface area contributed by atoms with E-state index >= 15 is 0 Å². The molecule has 0 aliphatic heterocycles. The Hall–Kier alpha value is -1.85. The fourth-order valence-corrected chi connectivity index (χ4v) is 5.32. The lowest BCUT2D eigenvalue weighted by molar-refractivity contribution is -0.167. The van der Waals surface area contributed by atoms with E-state index in [0.29, 0.717) is 19.3 Å². The van der Waals surface area contributed by atoms with Gasteiger partial charge in [-0.3, -0.25) is 14.4 Å². The molecule has 0 saturated carbocycles. The van der Waals surface area contributed by atoms with Gasteiger partial charge < -0.3 is 14.2 Å². The molecule has 0 aliphatic carbocycles. The topological polar surface area (TPSA) is 78.9 Å². The van der Waals surface area contributed by atoms with Crippen LogP contribution in [0.5, 0.6) is 0 Å². The molecule has 45 heavy (non-hydrogen) atoms. The van der Waals surface area contributed by atoms with Crippen molar-refractivity contribution in [3.05, 3.63) is 12.2 Å². The molecular weight excluding hydrogens is 564 g/mol. The Balaban J connectivity index is 4.36. The van der Waals surface area contributed by atoms with Crippen molar-refractivity contribution in [2.45, 2.75) is 207 Å². The van der Waals surface area contributed by atoms with Gasteiger partial charge in [-0.2, -0.15) is 0 Å². The van der Waals surface area contributed by atoms with Crippen LogP contribution in [0.2, 0.25) is 0 Å². The van der Waals surface area contributed by atoms with Crippen molar-refractivity contribution in [1.29, 1.82) is 0 Å². The number of esters is 3. The predicted octanol–water partition coefficient (Wildman–Crippen LogP) is 11.5. The Morgan fingerprint density at radius 3 is 1.20 bits per heavy atom. The highest BCUT2D eigenvalue weighted by atomic mass is 16.6. The molecule has 0 fully saturated rings. The number of carbonyl (C=O) groups excluding carboxylic acids is 3. The minimum Gasteiger partial charge on any atom is -0.462 e. The summed E-state index contributed by atoms with van der Waals surface area (Å²) in [6.45, 7) is 6.50. The zero-order chi connectivity index (χ0) is 33.1. The molecule has 0 saturated heterocycles. The summed E-state index contributed by atoms with van der Waals surface area (Å²) >= 11 is 0. The zero-order valence-corrected chi connectivity index (χ0v) is 29.9. The second kappa shape index (κ2) is 35.0. The number of unbranched alkanes of at least 4 members (excludes halogenated alkanes) is 21. The molecule has 0 rings (SSSR count). The van der Waals surface area contributed by atoms with Gasteiger partial charge in [0.15, 0.2) is 6.10 Å². The molecule has 0 bridgehead atoms. The molecule has 0 N–H and O–H groups in total. The summed E-state index contributed by atoms with van der Waals surface area (Å²) in [6.07, 6.45) is 33.4. The molecule has 1 atom stereocenters. The molecule has 1 unspecified atom stereocenters. The minimum absolute atomic E-state index is 0.0701. The fourth-order valence-electron chi connectivity index (χ4n) is 5.32. The molecule has 6 nitrogen and oxygen atoms in total.